The Morgan fingerprint density at radius 2 is 2.00 bits per heavy atom. The second-order valence-corrected chi connectivity index (χ2v) is 7.91. The maximum atomic E-state index is 4.76. The summed E-state index contributed by atoms with van der Waals surface area (Å²) >= 11 is 1.80. The first-order valence-corrected chi connectivity index (χ1v) is 11.0. The number of aliphatic imine (C=N–C) groups is 1. The lowest BCUT2D eigenvalue weighted by Crippen LogP contribution is -2.38. The van der Waals surface area contributed by atoms with Crippen LogP contribution in [0, 0.1) is 0 Å². The molecule has 2 N–H and O–H groups in total. The number of thiophene rings is 1. The summed E-state index contributed by atoms with van der Waals surface area (Å²) in [5.41, 5.74) is 1.21. The molecule has 0 saturated carbocycles. The van der Waals surface area contributed by atoms with E-state index < -0.39 is 0 Å². The highest BCUT2D eigenvalue weighted by molar-refractivity contribution is 14.0. The first-order chi connectivity index (χ1) is 13.3. The van der Waals surface area contributed by atoms with Gasteiger partial charge in [-0.15, -0.1) is 35.3 Å². The van der Waals surface area contributed by atoms with Gasteiger partial charge in [0, 0.05) is 37.3 Å². The number of guanidine groups is 1. The summed E-state index contributed by atoms with van der Waals surface area (Å²) in [6.45, 7) is 6.75. The van der Waals surface area contributed by atoms with E-state index in [1.54, 1.807) is 11.3 Å². The van der Waals surface area contributed by atoms with Crippen molar-refractivity contribution in [3.8, 4) is 0 Å². The van der Waals surface area contributed by atoms with Crippen LogP contribution >= 0.6 is 35.3 Å². The third kappa shape index (κ3) is 7.58. The number of aromatic nitrogens is 1. The fourth-order valence-electron chi connectivity index (χ4n) is 3.30. The third-order valence-corrected chi connectivity index (χ3v) is 5.68. The van der Waals surface area contributed by atoms with Crippen LogP contribution in [0.15, 0.2) is 40.8 Å². The summed E-state index contributed by atoms with van der Waals surface area (Å²) in [7, 11) is 0. The molecular weight excluding hydrogens is 481 g/mol. The van der Waals surface area contributed by atoms with Gasteiger partial charge in [0.05, 0.1) is 6.54 Å². The van der Waals surface area contributed by atoms with Crippen molar-refractivity contribution in [2.24, 2.45) is 4.99 Å². The summed E-state index contributed by atoms with van der Waals surface area (Å²) in [4.78, 5) is 13.2. The maximum Gasteiger partial charge on any atom is 0.191 e. The molecule has 1 aliphatic rings. The van der Waals surface area contributed by atoms with Gasteiger partial charge in [-0.2, -0.15) is 0 Å². The minimum Gasteiger partial charge on any atom is -0.357 e. The van der Waals surface area contributed by atoms with Crippen LogP contribution in [-0.2, 0) is 13.0 Å². The van der Waals surface area contributed by atoms with Crippen LogP contribution in [0.3, 0.4) is 0 Å². The van der Waals surface area contributed by atoms with Crippen LogP contribution in [0.2, 0.25) is 0 Å². The van der Waals surface area contributed by atoms with E-state index in [-0.39, 0.29) is 24.0 Å². The Bertz CT molecular complexity index is 697. The highest BCUT2D eigenvalue weighted by Crippen LogP contribution is 2.18. The van der Waals surface area contributed by atoms with Gasteiger partial charge in [0.25, 0.3) is 0 Å². The molecule has 0 amide bonds. The number of pyridine rings is 1. The number of nitrogens with one attached hydrogen (secondary N) is 2. The summed E-state index contributed by atoms with van der Waals surface area (Å²) in [5.74, 6) is 1.97. The van der Waals surface area contributed by atoms with Crippen molar-refractivity contribution in [2.45, 2.75) is 45.6 Å². The van der Waals surface area contributed by atoms with Gasteiger partial charge in [0.15, 0.2) is 5.96 Å². The van der Waals surface area contributed by atoms with Crippen LogP contribution in [0.5, 0.6) is 0 Å². The molecule has 1 fully saturated rings. The van der Waals surface area contributed by atoms with E-state index in [1.807, 2.05) is 6.20 Å². The van der Waals surface area contributed by atoms with Gasteiger partial charge in [-0.1, -0.05) is 18.9 Å². The normalized spacial score (nSPS) is 14.9. The molecule has 154 valence electrons. The van der Waals surface area contributed by atoms with Crippen molar-refractivity contribution in [1.29, 1.82) is 0 Å². The van der Waals surface area contributed by atoms with Gasteiger partial charge in [0.1, 0.15) is 5.82 Å². The standard InChI is InChI=1S/C21H31N5S.HI/c1-2-22-21(24-12-10-19-8-7-15-27-19)25-17-18-9-11-23-20(16-18)26-13-5-3-4-6-14-26;/h7-9,11,15-16H,2-6,10,12-14,17H2,1H3,(H2,22,24,25);1H. The molecule has 0 radical (unpaired) electrons. The van der Waals surface area contributed by atoms with Gasteiger partial charge in [-0.05, 0) is 55.3 Å². The Labute approximate surface area is 190 Å². The van der Waals surface area contributed by atoms with E-state index in [2.05, 4.69) is 57.1 Å². The van der Waals surface area contributed by atoms with Crippen molar-refractivity contribution in [3.05, 3.63) is 46.3 Å². The number of nitrogens with zero attached hydrogens (tertiary/aromatic N) is 3. The Kier molecular flexibility index (Phi) is 10.6. The highest BCUT2D eigenvalue weighted by Gasteiger charge is 2.11. The fraction of sp³-hybridized carbons (Fsp3) is 0.524. The van der Waals surface area contributed by atoms with Crippen LogP contribution < -0.4 is 15.5 Å². The largest absolute Gasteiger partial charge is 0.357 e. The number of hydrogen-bond donors (Lipinski definition) is 2. The average molecular weight is 513 g/mol. The topological polar surface area (TPSA) is 52.6 Å². The SMILES string of the molecule is CCNC(=NCc1ccnc(N2CCCCCC2)c1)NCCc1cccs1.I. The molecule has 0 spiro atoms. The van der Waals surface area contributed by atoms with Crippen molar-refractivity contribution in [3.63, 3.8) is 0 Å². The Morgan fingerprint density at radius 3 is 2.71 bits per heavy atom. The summed E-state index contributed by atoms with van der Waals surface area (Å²) in [6, 6.07) is 8.55. The van der Waals surface area contributed by atoms with E-state index in [1.165, 1.54) is 36.1 Å². The zero-order valence-electron chi connectivity index (χ0n) is 16.7. The first kappa shape index (κ1) is 22.9. The molecule has 28 heavy (non-hydrogen) atoms. The predicted molar refractivity (Wildman–Crippen MR) is 131 cm³/mol. The van der Waals surface area contributed by atoms with E-state index in [0.717, 1.165) is 44.4 Å². The molecular formula is C21H32IN5S. The van der Waals surface area contributed by atoms with Gasteiger partial charge < -0.3 is 15.5 Å². The number of halogens is 1. The molecule has 2 aromatic heterocycles. The monoisotopic (exact) mass is 513 g/mol. The molecule has 2 aromatic rings. The van der Waals surface area contributed by atoms with E-state index >= 15 is 0 Å². The number of hydrogen-bond acceptors (Lipinski definition) is 4. The highest BCUT2D eigenvalue weighted by atomic mass is 127. The molecule has 3 heterocycles. The lowest BCUT2D eigenvalue weighted by atomic mass is 10.2. The molecule has 5 nitrogen and oxygen atoms in total. The Hall–Kier alpha value is -1.35. The van der Waals surface area contributed by atoms with Crippen LogP contribution in [0.25, 0.3) is 0 Å². The second kappa shape index (κ2) is 13.0. The molecule has 1 saturated heterocycles. The zero-order chi connectivity index (χ0) is 18.7. The zero-order valence-corrected chi connectivity index (χ0v) is 19.8. The van der Waals surface area contributed by atoms with Gasteiger partial charge in [0.2, 0.25) is 0 Å². The molecule has 7 heteroatoms. The Morgan fingerprint density at radius 1 is 1.18 bits per heavy atom. The summed E-state index contributed by atoms with van der Waals surface area (Å²) < 4.78 is 0. The van der Waals surface area contributed by atoms with E-state index in [9.17, 15) is 0 Å². The maximum absolute atomic E-state index is 4.76. The average Bonchev–Trinajstić information content (AvgIpc) is 3.06. The van der Waals surface area contributed by atoms with Crippen LogP contribution in [0.1, 0.15) is 43.0 Å². The quantitative estimate of drug-likeness (QED) is 0.327. The molecule has 0 aromatic carbocycles. The smallest absolute Gasteiger partial charge is 0.191 e. The molecule has 1 aliphatic heterocycles. The van der Waals surface area contributed by atoms with Gasteiger partial charge in [-0.25, -0.2) is 9.98 Å². The lowest BCUT2D eigenvalue weighted by Gasteiger charge is -2.21. The van der Waals surface area contributed by atoms with Crippen molar-refractivity contribution in [2.75, 3.05) is 31.1 Å². The number of anilines is 1. The van der Waals surface area contributed by atoms with Crippen molar-refractivity contribution >= 4 is 47.1 Å². The van der Waals surface area contributed by atoms with Crippen molar-refractivity contribution in [1.82, 2.24) is 15.6 Å². The van der Waals surface area contributed by atoms with Gasteiger partial charge in [-0.3, -0.25) is 0 Å². The molecule has 0 bridgehead atoms. The van der Waals surface area contributed by atoms with E-state index in [0.29, 0.717) is 6.54 Å². The minimum absolute atomic E-state index is 0. The van der Waals surface area contributed by atoms with Crippen LogP contribution in [0.4, 0.5) is 5.82 Å². The molecule has 0 aliphatic carbocycles. The van der Waals surface area contributed by atoms with Gasteiger partial charge >= 0.3 is 0 Å². The predicted octanol–water partition coefficient (Wildman–Crippen LogP) is 4.44. The third-order valence-electron chi connectivity index (χ3n) is 4.75. The van der Waals surface area contributed by atoms with E-state index in [4.69, 9.17) is 4.99 Å². The summed E-state index contributed by atoms with van der Waals surface area (Å²) in [6.07, 6.45) is 8.15. The molecule has 0 atom stereocenters. The molecule has 3 rings (SSSR count). The second-order valence-electron chi connectivity index (χ2n) is 6.87. The minimum atomic E-state index is 0. The van der Waals surface area contributed by atoms with Crippen LogP contribution in [-0.4, -0.2) is 37.1 Å². The van der Waals surface area contributed by atoms with Crippen molar-refractivity contribution < 1.29 is 0 Å². The fourth-order valence-corrected chi connectivity index (χ4v) is 4.01. The lowest BCUT2D eigenvalue weighted by molar-refractivity contribution is 0.726. The number of rotatable bonds is 7. The molecule has 0 unspecified atom stereocenters. The Balaban J connectivity index is 0.00000280. The first-order valence-electron chi connectivity index (χ1n) is 10.1. The summed E-state index contributed by atoms with van der Waals surface area (Å²) in [5, 5.41) is 8.90.